The molecule has 0 saturated heterocycles. The summed E-state index contributed by atoms with van der Waals surface area (Å²) >= 11 is 0. The van der Waals surface area contributed by atoms with Crippen LogP contribution in [0.3, 0.4) is 0 Å². The average molecular weight is 236 g/mol. The average Bonchev–Trinajstić information content (AvgIpc) is 2.26. The van der Waals surface area contributed by atoms with Crippen molar-refractivity contribution in [2.45, 2.75) is 39.7 Å². The molecule has 0 amide bonds. The molecular formula is C14H20O3. The molecule has 1 aliphatic rings. The number of hydrogen-bond donors (Lipinski definition) is 0. The van der Waals surface area contributed by atoms with Crippen molar-refractivity contribution in [3.8, 4) is 0 Å². The lowest BCUT2D eigenvalue weighted by molar-refractivity contribution is -0.160. The molecule has 0 saturated carbocycles. The van der Waals surface area contributed by atoms with E-state index in [2.05, 4.69) is 0 Å². The van der Waals surface area contributed by atoms with Gasteiger partial charge in [0.15, 0.2) is 0 Å². The van der Waals surface area contributed by atoms with Gasteiger partial charge in [0.25, 0.3) is 0 Å². The number of rotatable bonds is 3. The van der Waals surface area contributed by atoms with Gasteiger partial charge in [-0.2, -0.15) is 0 Å². The predicted octanol–water partition coefficient (Wildman–Crippen LogP) is 2.67. The number of allylic oxidation sites excluding steroid dienone is 4. The molecule has 0 aromatic carbocycles. The third-order valence-corrected chi connectivity index (χ3v) is 2.72. The number of carbonyl (C=O) groups is 2. The Hall–Kier alpha value is -1.38. The van der Waals surface area contributed by atoms with Gasteiger partial charge in [0.2, 0.25) is 0 Å². The van der Waals surface area contributed by atoms with Crippen LogP contribution in [0.1, 0.15) is 34.1 Å². The van der Waals surface area contributed by atoms with Crippen molar-refractivity contribution >= 4 is 12.3 Å². The number of ether oxygens (including phenoxy) is 1. The molecule has 0 aromatic heterocycles. The maximum atomic E-state index is 11.9. The van der Waals surface area contributed by atoms with Gasteiger partial charge in [-0.1, -0.05) is 25.2 Å². The van der Waals surface area contributed by atoms with E-state index in [0.717, 1.165) is 6.29 Å². The van der Waals surface area contributed by atoms with Gasteiger partial charge in [-0.25, -0.2) is 0 Å². The van der Waals surface area contributed by atoms with Crippen molar-refractivity contribution in [2.24, 2.45) is 11.8 Å². The molecule has 0 bridgehead atoms. The Kier molecular flexibility index (Phi) is 4.27. The monoisotopic (exact) mass is 236 g/mol. The second kappa shape index (κ2) is 5.30. The lowest BCUT2D eigenvalue weighted by Gasteiger charge is -2.26. The van der Waals surface area contributed by atoms with Crippen LogP contribution in [0.2, 0.25) is 0 Å². The zero-order valence-electron chi connectivity index (χ0n) is 10.9. The Bertz CT molecular complexity index is 358. The summed E-state index contributed by atoms with van der Waals surface area (Å²) < 4.78 is 5.34. The Balaban J connectivity index is 2.58. The molecule has 3 heteroatoms. The van der Waals surface area contributed by atoms with Crippen LogP contribution in [0.15, 0.2) is 23.8 Å². The maximum absolute atomic E-state index is 11.9. The van der Waals surface area contributed by atoms with Crippen LogP contribution in [0, 0.1) is 11.8 Å². The first-order chi connectivity index (χ1) is 7.83. The fraction of sp³-hybridized carbons (Fsp3) is 0.571. The van der Waals surface area contributed by atoms with Crippen LogP contribution in [0.25, 0.3) is 0 Å². The van der Waals surface area contributed by atoms with E-state index in [-0.39, 0.29) is 17.8 Å². The van der Waals surface area contributed by atoms with Gasteiger partial charge in [0.1, 0.15) is 11.9 Å². The Morgan fingerprint density at radius 3 is 2.59 bits per heavy atom. The van der Waals surface area contributed by atoms with E-state index in [0.29, 0.717) is 12.0 Å². The van der Waals surface area contributed by atoms with Gasteiger partial charge in [-0.05, 0) is 33.1 Å². The smallest absolute Gasteiger partial charge is 0.309 e. The molecule has 0 radical (unpaired) electrons. The molecule has 1 rings (SSSR count). The lowest BCUT2D eigenvalue weighted by atomic mass is 9.86. The summed E-state index contributed by atoms with van der Waals surface area (Å²) in [5.41, 5.74) is 0.227. The molecular weight excluding hydrogens is 216 g/mol. The summed E-state index contributed by atoms with van der Waals surface area (Å²) in [4.78, 5) is 22.4. The van der Waals surface area contributed by atoms with E-state index in [9.17, 15) is 9.59 Å². The molecule has 0 aliphatic heterocycles. The Morgan fingerprint density at radius 2 is 2.18 bits per heavy atom. The minimum atomic E-state index is -0.451. The summed E-state index contributed by atoms with van der Waals surface area (Å²) in [5, 5.41) is 0. The van der Waals surface area contributed by atoms with Gasteiger partial charge in [-0.3, -0.25) is 9.59 Å². The summed E-state index contributed by atoms with van der Waals surface area (Å²) in [7, 11) is 0. The van der Waals surface area contributed by atoms with E-state index < -0.39 is 5.60 Å². The molecule has 94 valence electrons. The predicted molar refractivity (Wildman–Crippen MR) is 66.4 cm³/mol. The van der Waals surface area contributed by atoms with Crippen molar-refractivity contribution in [1.82, 2.24) is 0 Å². The van der Waals surface area contributed by atoms with E-state index in [4.69, 9.17) is 4.74 Å². The highest BCUT2D eigenvalue weighted by Gasteiger charge is 2.27. The van der Waals surface area contributed by atoms with Gasteiger partial charge in [0.05, 0.1) is 5.92 Å². The SMILES string of the molecule is CC(C(=O)OC(C)(C)C)C1C=CC(C=O)=CC1. The summed E-state index contributed by atoms with van der Waals surface area (Å²) in [6.45, 7) is 7.44. The third-order valence-electron chi connectivity index (χ3n) is 2.72. The topological polar surface area (TPSA) is 43.4 Å². The van der Waals surface area contributed by atoms with Gasteiger partial charge in [0, 0.05) is 5.57 Å². The number of esters is 1. The van der Waals surface area contributed by atoms with Crippen LogP contribution < -0.4 is 0 Å². The van der Waals surface area contributed by atoms with Crippen LogP contribution >= 0.6 is 0 Å². The molecule has 0 fully saturated rings. The van der Waals surface area contributed by atoms with Gasteiger partial charge < -0.3 is 4.74 Å². The molecule has 0 N–H and O–H groups in total. The molecule has 0 aromatic rings. The van der Waals surface area contributed by atoms with E-state index in [1.807, 2.05) is 39.8 Å². The van der Waals surface area contributed by atoms with Crippen LogP contribution in [0.5, 0.6) is 0 Å². The summed E-state index contributed by atoms with van der Waals surface area (Å²) in [6, 6.07) is 0. The Labute approximate surface area is 103 Å². The second-order valence-corrected chi connectivity index (χ2v) is 5.40. The first-order valence-corrected chi connectivity index (χ1v) is 5.90. The van der Waals surface area contributed by atoms with E-state index in [1.54, 1.807) is 6.08 Å². The zero-order valence-corrected chi connectivity index (χ0v) is 10.9. The molecule has 17 heavy (non-hydrogen) atoms. The van der Waals surface area contributed by atoms with Crippen LogP contribution in [-0.4, -0.2) is 17.9 Å². The molecule has 0 spiro atoms. The zero-order chi connectivity index (χ0) is 13.1. The van der Waals surface area contributed by atoms with Crippen molar-refractivity contribution < 1.29 is 14.3 Å². The standard InChI is InChI=1S/C14H20O3/c1-10(13(16)17-14(2,3)4)12-7-5-11(9-15)6-8-12/h5-7,9-10,12H,8H2,1-4H3. The van der Waals surface area contributed by atoms with Crippen molar-refractivity contribution in [2.75, 3.05) is 0 Å². The fourth-order valence-corrected chi connectivity index (χ4v) is 1.68. The normalized spacial score (nSPS) is 21.6. The lowest BCUT2D eigenvalue weighted by Crippen LogP contribution is -2.30. The summed E-state index contributed by atoms with van der Waals surface area (Å²) in [5.74, 6) is -0.251. The first kappa shape index (κ1) is 13.7. The molecule has 2 atom stereocenters. The third kappa shape index (κ3) is 4.17. The summed E-state index contributed by atoms with van der Waals surface area (Å²) in [6.07, 6.45) is 7.08. The molecule has 3 nitrogen and oxygen atoms in total. The van der Waals surface area contributed by atoms with Crippen LogP contribution in [0.4, 0.5) is 0 Å². The second-order valence-electron chi connectivity index (χ2n) is 5.40. The minimum Gasteiger partial charge on any atom is -0.460 e. The fourth-order valence-electron chi connectivity index (χ4n) is 1.68. The van der Waals surface area contributed by atoms with Gasteiger partial charge in [-0.15, -0.1) is 0 Å². The number of carbonyl (C=O) groups excluding carboxylic acids is 2. The van der Waals surface area contributed by atoms with Crippen molar-refractivity contribution in [1.29, 1.82) is 0 Å². The maximum Gasteiger partial charge on any atom is 0.309 e. The quantitative estimate of drug-likeness (QED) is 0.559. The van der Waals surface area contributed by atoms with Gasteiger partial charge >= 0.3 is 5.97 Å². The van der Waals surface area contributed by atoms with Crippen LogP contribution in [-0.2, 0) is 14.3 Å². The molecule has 0 heterocycles. The van der Waals surface area contributed by atoms with Crippen molar-refractivity contribution in [3.63, 3.8) is 0 Å². The molecule has 1 aliphatic carbocycles. The van der Waals surface area contributed by atoms with Crippen molar-refractivity contribution in [3.05, 3.63) is 23.8 Å². The molecule has 2 unspecified atom stereocenters. The minimum absolute atomic E-state index is 0.119. The highest BCUT2D eigenvalue weighted by atomic mass is 16.6. The van der Waals surface area contributed by atoms with E-state index in [1.165, 1.54) is 0 Å². The number of aldehydes is 1. The highest BCUT2D eigenvalue weighted by Crippen LogP contribution is 2.25. The largest absolute Gasteiger partial charge is 0.460 e. The number of hydrogen-bond acceptors (Lipinski definition) is 3. The highest BCUT2D eigenvalue weighted by molar-refractivity contribution is 5.78. The first-order valence-electron chi connectivity index (χ1n) is 5.90. The van der Waals surface area contributed by atoms with E-state index >= 15 is 0 Å². The Morgan fingerprint density at radius 1 is 1.53 bits per heavy atom.